The van der Waals surface area contributed by atoms with E-state index in [2.05, 4.69) is 9.97 Å². The van der Waals surface area contributed by atoms with Gasteiger partial charge in [0, 0.05) is 17.7 Å². The minimum atomic E-state index is -0.292. The van der Waals surface area contributed by atoms with Crippen molar-refractivity contribution < 1.29 is 9.53 Å². The second-order valence-electron chi connectivity index (χ2n) is 4.25. The van der Waals surface area contributed by atoms with Crippen molar-refractivity contribution in [3.05, 3.63) is 27.4 Å². The number of ether oxygens (including phenoxy) is 1. The summed E-state index contributed by atoms with van der Waals surface area (Å²) in [4.78, 5) is 29.8. The van der Waals surface area contributed by atoms with Gasteiger partial charge in [-0.1, -0.05) is 0 Å². The number of hydrogen-bond acceptors (Lipinski definition) is 4. The van der Waals surface area contributed by atoms with E-state index in [1.54, 1.807) is 27.7 Å². The molecule has 0 aliphatic heterocycles. The summed E-state index contributed by atoms with van der Waals surface area (Å²) in [6.45, 7) is 7.09. The lowest BCUT2D eigenvalue weighted by molar-refractivity contribution is -0.147. The van der Waals surface area contributed by atoms with Crippen LogP contribution in [0.2, 0.25) is 0 Å². The lowest BCUT2D eigenvalue weighted by atomic mass is 10.1. The van der Waals surface area contributed by atoms with Gasteiger partial charge in [-0.15, -0.1) is 0 Å². The Kier molecular flexibility index (Phi) is 4.43. The number of esters is 1. The van der Waals surface area contributed by atoms with Gasteiger partial charge in [0.2, 0.25) is 0 Å². The maximum absolute atomic E-state index is 11.6. The number of aryl methyl sites for hydroxylation is 2. The van der Waals surface area contributed by atoms with Gasteiger partial charge in [-0.05, 0) is 34.1 Å². The Labute approximate surface area is 100 Å². The average Bonchev–Trinajstić information content (AvgIpc) is 2.14. The highest BCUT2D eigenvalue weighted by molar-refractivity contribution is 5.69. The third-order valence-corrected chi connectivity index (χ3v) is 2.29. The fourth-order valence-electron chi connectivity index (χ4n) is 1.59. The quantitative estimate of drug-likeness (QED) is 0.802. The fraction of sp³-hybridized carbons (Fsp3) is 0.583. The standard InChI is InChI=1S/C12H18N2O3/c1-7(2)17-11(15)6-5-10-8(3)13-9(4)14-12(10)16/h7H,5-6H2,1-4H3,(H,13,14,16). The molecule has 5 heteroatoms. The van der Waals surface area contributed by atoms with Gasteiger partial charge in [-0.3, -0.25) is 9.59 Å². The second kappa shape index (κ2) is 5.61. The van der Waals surface area contributed by atoms with E-state index in [0.717, 1.165) is 0 Å². The Morgan fingerprint density at radius 3 is 2.59 bits per heavy atom. The Bertz CT molecular complexity index is 463. The third-order valence-electron chi connectivity index (χ3n) is 2.29. The molecule has 17 heavy (non-hydrogen) atoms. The third kappa shape index (κ3) is 4.01. The van der Waals surface area contributed by atoms with Gasteiger partial charge < -0.3 is 9.72 Å². The summed E-state index contributed by atoms with van der Waals surface area (Å²) >= 11 is 0. The number of nitrogens with zero attached hydrogens (tertiary/aromatic N) is 1. The van der Waals surface area contributed by atoms with Crippen molar-refractivity contribution in [2.75, 3.05) is 0 Å². The van der Waals surface area contributed by atoms with Gasteiger partial charge in [0.15, 0.2) is 0 Å². The van der Waals surface area contributed by atoms with Crippen LogP contribution in [0, 0.1) is 13.8 Å². The van der Waals surface area contributed by atoms with E-state index in [1.807, 2.05) is 0 Å². The van der Waals surface area contributed by atoms with E-state index in [0.29, 0.717) is 23.5 Å². The molecule has 1 aromatic rings. The first kappa shape index (κ1) is 13.4. The number of H-pyrrole nitrogens is 1. The summed E-state index contributed by atoms with van der Waals surface area (Å²) in [6, 6.07) is 0. The predicted molar refractivity (Wildman–Crippen MR) is 63.9 cm³/mol. The van der Waals surface area contributed by atoms with Gasteiger partial charge >= 0.3 is 5.97 Å². The molecule has 1 heterocycles. The summed E-state index contributed by atoms with van der Waals surface area (Å²) in [5, 5.41) is 0. The molecule has 0 saturated carbocycles. The van der Waals surface area contributed by atoms with Gasteiger partial charge in [0.05, 0.1) is 6.10 Å². The molecule has 0 aliphatic carbocycles. The van der Waals surface area contributed by atoms with Crippen LogP contribution in [-0.4, -0.2) is 22.0 Å². The number of carbonyl (C=O) groups excluding carboxylic acids is 1. The molecule has 94 valence electrons. The molecule has 1 aromatic heterocycles. The maximum atomic E-state index is 11.6. The molecule has 0 amide bonds. The lowest BCUT2D eigenvalue weighted by Gasteiger charge is -2.08. The zero-order valence-electron chi connectivity index (χ0n) is 10.7. The first-order chi connectivity index (χ1) is 7.90. The van der Waals surface area contributed by atoms with Crippen LogP contribution in [-0.2, 0) is 16.0 Å². The smallest absolute Gasteiger partial charge is 0.306 e. The Balaban J connectivity index is 2.70. The van der Waals surface area contributed by atoms with Crippen molar-refractivity contribution in [3.8, 4) is 0 Å². The van der Waals surface area contributed by atoms with Crippen molar-refractivity contribution in [1.29, 1.82) is 0 Å². The van der Waals surface area contributed by atoms with Crippen molar-refractivity contribution >= 4 is 5.97 Å². The second-order valence-corrected chi connectivity index (χ2v) is 4.25. The molecule has 0 radical (unpaired) electrons. The van der Waals surface area contributed by atoms with E-state index in [-0.39, 0.29) is 24.1 Å². The minimum Gasteiger partial charge on any atom is -0.463 e. The van der Waals surface area contributed by atoms with Crippen molar-refractivity contribution in [1.82, 2.24) is 9.97 Å². The molecule has 0 aromatic carbocycles. The van der Waals surface area contributed by atoms with Gasteiger partial charge in [0.25, 0.3) is 5.56 Å². The minimum absolute atomic E-state index is 0.127. The molecule has 0 unspecified atom stereocenters. The van der Waals surface area contributed by atoms with Crippen molar-refractivity contribution in [3.63, 3.8) is 0 Å². The number of aromatic nitrogens is 2. The Morgan fingerprint density at radius 1 is 1.41 bits per heavy atom. The molecule has 0 aliphatic rings. The highest BCUT2D eigenvalue weighted by Gasteiger charge is 2.11. The van der Waals surface area contributed by atoms with Crippen LogP contribution in [0.3, 0.4) is 0 Å². The molecule has 0 fully saturated rings. The molecule has 0 bridgehead atoms. The molecular weight excluding hydrogens is 220 g/mol. The van der Waals surface area contributed by atoms with Gasteiger partial charge in [-0.2, -0.15) is 0 Å². The summed E-state index contributed by atoms with van der Waals surface area (Å²) in [5.74, 6) is 0.292. The number of nitrogens with one attached hydrogen (secondary N) is 1. The van der Waals surface area contributed by atoms with Gasteiger partial charge in [-0.25, -0.2) is 4.98 Å². The van der Waals surface area contributed by atoms with Crippen molar-refractivity contribution in [2.24, 2.45) is 0 Å². The molecule has 0 saturated heterocycles. The summed E-state index contributed by atoms with van der Waals surface area (Å²) in [6.07, 6.45) is 0.436. The normalized spacial score (nSPS) is 10.6. The van der Waals surface area contributed by atoms with Crippen LogP contribution in [0.4, 0.5) is 0 Å². The highest BCUT2D eigenvalue weighted by Crippen LogP contribution is 2.04. The van der Waals surface area contributed by atoms with E-state index in [9.17, 15) is 9.59 Å². The number of aromatic amines is 1. The first-order valence-corrected chi connectivity index (χ1v) is 5.66. The van der Waals surface area contributed by atoms with E-state index >= 15 is 0 Å². The van der Waals surface area contributed by atoms with Crippen LogP contribution in [0.1, 0.15) is 37.4 Å². The lowest BCUT2D eigenvalue weighted by Crippen LogP contribution is -2.20. The predicted octanol–water partition coefficient (Wildman–Crippen LogP) is 1.27. The van der Waals surface area contributed by atoms with Crippen LogP contribution in [0.25, 0.3) is 0 Å². The van der Waals surface area contributed by atoms with Crippen molar-refractivity contribution in [2.45, 2.75) is 46.6 Å². The molecule has 1 rings (SSSR count). The zero-order valence-corrected chi connectivity index (χ0v) is 10.7. The molecule has 5 nitrogen and oxygen atoms in total. The largest absolute Gasteiger partial charge is 0.463 e. The van der Waals surface area contributed by atoms with Crippen LogP contribution >= 0.6 is 0 Å². The number of rotatable bonds is 4. The topological polar surface area (TPSA) is 72.0 Å². The molecule has 1 N–H and O–H groups in total. The average molecular weight is 238 g/mol. The number of hydrogen-bond donors (Lipinski definition) is 1. The maximum Gasteiger partial charge on any atom is 0.306 e. The van der Waals surface area contributed by atoms with Crippen LogP contribution < -0.4 is 5.56 Å². The van der Waals surface area contributed by atoms with Crippen LogP contribution in [0.5, 0.6) is 0 Å². The number of carbonyl (C=O) groups is 1. The fourth-order valence-corrected chi connectivity index (χ4v) is 1.59. The molecule has 0 spiro atoms. The van der Waals surface area contributed by atoms with E-state index < -0.39 is 0 Å². The highest BCUT2D eigenvalue weighted by atomic mass is 16.5. The Hall–Kier alpha value is -1.65. The summed E-state index contributed by atoms with van der Waals surface area (Å²) < 4.78 is 5.00. The first-order valence-electron chi connectivity index (χ1n) is 5.66. The SMILES string of the molecule is Cc1nc(C)c(CCC(=O)OC(C)C)c(=O)[nH]1. The Morgan fingerprint density at radius 2 is 2.06 bits per heavy atom. The molecule has 0 atom stereocenters. The monoisotopic (exact) mass is 238 g/mol. The summed E-state index contributed by atoms with van der Waals surface area (Å²) in [7, 11) is 0. The molecular formula is C12H18N2O3. The van der Waals surface area contributed by atoms with E-state index in [4.69, 9.17) is 4.74 Å². The summed E-state index contributed by atoms with van der Waals surface area (Å²) in [5.41, 5.74) is 1.05. The van der Waals surface area contributed by atoms with Gasteiger partial charge in [0.1, 0.15) is 5.82 Å². The van der Waals surface area contributed by atoms with Crippen LogP contribution in [0.15, 0.2) is 4.79 Å². The van der Waals surface area contributed by atoms with E-state index in [1.165, 1.54) is 0 Å². The zero-order chi connectivity index (χ0) is 13.0.